The molecule has 0 aliphatic carbocycles. The first-order valence-electron chi connectivity index (χ1n) is 4.25. The van der Waals surface area contributed by atoms with E-state index >= 15 is 0 Å². The number of hydroxylamine groups is 1. The van der Waals surface area contributed by atoms with E-state index in [-0.39, 0.29) is 11.5 Å². The molecule has 1 aromatic carbocycles. The smallest absolute Gasteiger partial charge is 0.305 e. The van der Waals surface area contributed by atoms with Crippen LogP contribution in [0, 0.1) is 15.9 Å². The minimum Gasteiger partial charge on any atom is -0.367 e. The summed E-state index contributed by atoms with van der Waals surface area (Å²) in [5.41, 5.74) is 6.19. The Kier molecular flexibility index (Phi) is 4.06. The fraction of sp³-hybridized carbons (Fsp3) is 0. The topological polar surface area (TPSA) is 126 Å². The third-order valence-electron chi connectivity index (χ3n) is 1.65. The summed E-state index contributed by atoms with van der Waals surface area (Å²) in [4.78, 5) is 9.59. The Morgan fingerprint density at radius 3 is 2.94 bits per heavy atom. The maximum atomic E-state index is 12.9. The van der Waals surface area contributed by atoms with Crippen molar-refractivity contribution in [1.29, 1.82) is 0 Å². The minimum atomic E-state index is -0.938. The van der Waals surface area contributed by atoms with Gasteiger partial charge in [-0.25, -0.2) is 5.48 Å². The van der Waals surface area contributed by atoms with Crippen LogP contribution in [0.2, 0.25) is 0 Å². The summed E-state index contributed by atoms with van der Waals surface area (Å²) in [6.45, 7) is 0. The van der Waals surface area contributed by atoms with Crippen LogP contribution in [0.5, 0.6) is 0 Å². The molecule has 17 heavy (non-hydrogen) atoms. The van der Waals surface area contributed by atoms with Crippen molar-refractivity contribution in [2.45, 2.75) is 0 Å². The maximum Gasteiger partial charge on any atom is 0.305 e. The highest BCUT2D eigenvalue weighted by atomic mass is 19.1. The second-order valence-electron chi connectivity index (χ2n) is 2.81. The second-order valence-corrected chi connectivity index (χ2v) is 2.81. The molecule has 9 heteroatoms. The van der Waals surface area contributed by atoms with Crippen LogP contribution >= 0.6 is 0 Å². The van der Waals surface area contributed by atoms with E-state index in [1.807, 2.05) is 0 Å². The fourth-order valence-electron chi connectivity index (χ4n) is 0.930. The molecular formula is C8H8FN5O3. The third kappa shape index (κ3) is 3.50. The number of hydrogen-bond donors (Lipinski definition) is 3. The van der Waals surface area contributed by atoms with Crippen LogP contribution in [0.3, 0.4) is 0 Å². The molecule has 4 N–H and O–H groups in total. The number of nitro benzene ring substituents is 1. The highest BCUT2D eigenvalue weighted by Gasteiger charge is 2.13. The first kappa shape index (κ1) is 12.5. The number of halogens is 1. The number of nitrogens with zero attached hydrogens (tertiary/aromatic N) is 3. The molecule has 0 radical (unpaired) electrons. The molecule has 0 spiro atoms. The zero-order valence-corrected chi connectivity index (χ0v) is 8.37. The summed E-state index contributed by atoms with van der Waals surface area (Å²) in [6.07, 6.45) is 1.12. The standard InChI is InChI=1S/C8H8FN5O3/c9-6-2-1-5(3-7(6)14(16)17)4-11-12-8(10)13-15/h1-4,15H,(H3,10,12,13). The molecule has 0 saturated carbocycles. The van der Waals surface area contributed by atoms with Crippen molar-refractivity contribution >= 4 is 17.9 Å². The van der Waals surface area contributed by atoms with Crippen LogP contribution < -0.4 is 11.2 Å². The highest BCUT2D eigenvalue weighted by Crippen LogP contribution is 2.17. The highest BCUT2D eigenvalue weighted by molar-refractivity contribution is 5.82. The number of guanidine groups is 1. The van der Waals surface area contributed by atoms with E-state index < -0.39 is 16.4 Å². The Labute approximate surface area is 94.4 Å². The molecule has 0 amide bonds. The predicted molar refractivity (Wildman–Crippen MR) is 57.2 cm³/mol. The average molecular weight is 241 g/mol. The van der Waals surface area contributed by atoms with Gasteiger partial charge in [-0.3, -0.25) is 15.3 Å². The zero-order valence-electron chi connectivity index (χ0n) is 8.37. The van der Waals surface area contributed by atoms with E-state index in [4.69, 9.17) is 10.9 Å². The number of nitro groups is 1. The molecule has 0 fully saturated rings. The average Bonchev–Trinajstić information content (AvgIpc) is 2.30. The van der Waals surface area contributed by atoms with Gasteiger partial charge in [-0.15, -0.1) is 5.10 Å². The molecule has 1 aromatic rings. The lowest BCUT2D eigenvalue weighted by molar-refractivity contribution is -0.387. The zero-order chi connectivity index (χ0) is 12.8. The summed E-state index contributed by atoms with van der Waals surface area (Å²) in [5.74, 6) is -1.29. The molecular weight excluding hydrogens is 233 g/mol. The molecule has 90 valence electrons. The summed E-state index contributed by atoms with van der Waals surface area (Å²) in [7, 11) is 0. The molecule has 0 atom stereocenters. The van der Waals surface area contributed by atoms with E-state index in [1.165, 1.54) is 11.5 Å². The van der Waals surface area contributed by atoms with Gasteiger partial charge in [0.05, 0.1) is 11.1 Å². The molecule has 0 heterocycles. The van der Waals surface area contributed by atoms with Crippen molar-refractivity contribution in [3.63, 3.8) is 0 Å². The monoisotopic (exact) mass is 241 g/mol. The summed E-state index contributed by atoms with van der Waals surface area (Å²) in [6, 6.07) is 3.22. The minimum absolute atomic E-state index is 0.271. The van der Waals surface area contributed by atoms with Crippen molar-refractivity contribution < 1.29 is 14.5 Å². The largest absolute Gasteiger partial charge is 0.367 e. The van der Waals surface area contributed by atoms with Crippen molar-refractivity contribution in [1.82, 2.24) is 5.48 Å². The SMILES string of the molecule is NC(=NN=Cc1ccc(F)c([N+](=O)[O-])c1)NO. The lowest BCUT2D eigenvalue weighted by Crippen LogP contribution is -2.27. The lowest BCUT2D eigenvalue weighted by atomic mass is 10.2. The van der Waals surface area contributed by atoms with Crippen molar-refractivity contribution in [2.24, 2.45) is 15.9 Å². The van der Waals surface area contributed by atoms with Gasteiger partial charge in [-0.05, 0) is 12.1 Å². The van der Waals surface area contributed by atoms with Gasteiger partial charge in [0, 0.05) is 11.6 Å². The molecule has 0 aliphatic heterocycles. The van der Waals surface area contributed by atoms with E-state index in [0.717, 1.165) is 18.3 Å². The third-order valence-corrected chi connectivity index (χ3v) is 1.65. The van der Waals surface area contributed by atoms with Gasteiger partial charge < -0.3 is 5.73 Å². The van der Waals surface area contributed by atoms with Crippen LogP contribution in [-0.4, -0.2) is 22.3 Å². The van der Waals surface area contributed by atoms with Gasteiger partial charge in [0.1, 0.15) is 0 Å². The van der Waals surface area contributed by atoms with Crippen LogP contribution in [0.25, 0.3) is 0 Å². The Balaban J connectivity index is 2.94. The number of rotatable bonds is 3. The van der Waals surface area contributed by atoms with Crippen LogP contribution in [0.15, 0.2) is 28.4 Å². The van der Waals surface area contributed by atoms with Gasteiger partial charge in [0.15, 0.2) is 0 Å². The van der Waals surface area contributed by atoms with Gasteiger partial charge in [-0.2, -0.15) is 9.49 Å². The van der Waals surface area contributed by atoms with Gasteiger partial charge in [0.25, 0.3) is 0 Å². The Morgan fingerprint density at radius 1 is 1.65 bits per heavy atom. The number of benzene rings is 1. The van der Waals surface area contributed by atoms with E-state index in [0.29, 0.717) is 0 Å². The molecule has 8 nitrogen and oxygen atoms in total. The van der Waals surface area contributed by atoms with E-state index in [2.05, 4.69) is 10.2 Å². The van der Waals surface area contributed by atoms with Gasteiger partial charge in [0.2, 0.25) is 11.8 Å². The predicted octanol–water partition coefficient (Wildman–Crippen LogP) is 0.361. The van der Waals surface area contributed by atoms with Crippen LogP contribution in [0.4, 0.5) is 10.1 Å². The number of hydrogen-bond acceptors (Lipinski definition) is 5. The summed E-state index contributed by atoms with van der Waals surface area (Å²) < 4.78 is 12.9. The quantitative estimate of drug-likeness (QED) is 0.305. The van der Waals surface area contributed by atoms with Gasteiger partial charge in [-0.1, -0.05) is 0 Å². The van der Waals surface area contributed by atoms with Crippen molar-refractivity contribution in [3.05, 3.63) is 39.7 Å². The fourth-order valence-corrected chi connectivity index (χ4v) is 0.930. The molecule has 0 unspecified atom stereocenters. The molecule has 0 aliphatic rings. The lowest BCUT2D eigenvalue weighted by Gasteiger charge is -1.95. The van der Waals surface area contributed by atoms with Crippen molar-refractivity contribution in [3.8, 4) is 0 Å². The summed E-state index contributed by atoms with van der Waals surface area (Å²) >= 11 is 0. The number of nitrogens with one attached hydrogen (secondary N) is 1. The summed E-state index contributed by atoms with van der Waals surface area (Å²) in [5, 5.41) is 25.4. The molecule has 0 bridgehead atoms. The van der Waals surface area contributed by atoms with Crippen molar-refractivity contribution in [2.75, 3.05) is 0 Å². The first-order valence-corrected chi connectivity index (χ1v) is 4.25. The normalized spacial score (nSPS) is 11.8. The van der Waals surface area contributed by atoms with Crippen LogP contribution in [-0.2, 0) is 0 Å². The molecule has 0 aromatic heterocycles. The first-order chi connectivity index (χ1) is 8.04. The molecule has 1 rings (SSSR count). The Hall–Kier alpha value is -2.55. The van der Waals surface area contributed by atoms with E-state index in [1.54, 1.807) is 0 Å². The Bertz CT molecular complexity index is 488. The van der Waals surface area contributed by atoms with Gasteiger partial charge >= 0.3 is 5.69 Å². The van der Waals surface area contributed by atoms with Crippen LogP contribution in [0.1, 0.15) is 5.56 Å². The Morgan fingerprint density at radius 2 is 2.35 bits per heavy atom. The number of nitrogens with two attached hydrogens (primary N) is 1. The molecule has 0 saturated heterocycles. The second kappa shape index (κ2) is 5.51. The maximum absolute atomic E-state index is 12.9. The van der Waals surface area contributed by atoms with E-state index in [9.17, 15) is 14.5 Å².